The maximum absolute atomic E-state index is 0. The van der Waals surface area contributed by atoms with E-state index in [-0.39, 0.29) is 148 Å². The van der Waals surface area contributed by atoms with Crippen LogP contribution in [0.2, 0.25) is 0 Å². The van der Waals surface area contributed by atoms with Gasteiger partial charge in [-0.15, -0.1) is 0 Å². The van der Waals surface area contributed by atoms with E-state index >= 15 is 0 Å². The number of hydrogen-bond donors (Lipinski definition) is 0. The molecule has 7 radical (unpaired) electrons. The number of rotatable bonds is 0. The van der Waals surface area contributed by atoms with Crippen molar-refractivity contribution in [2.24, 2.45) is 0 Å². The van der Waals surface area contributed by atoms with Crippen LogP contribution >= 0.6 is 0 Å². The zero-order valence-corrected chi connectivity index (χ0v) is 19.3. The van der Waals surface area contributed by atoms with Gasteiger partial charge in [0, 0.05) is 77.9 Å². The van der Waals surface area contributed by atoms with E-state index in [9.17, 15) is 0 Å². The summed E-state index contributed by atoms with van der Waals surface area (Å²) < 4.78 is 0. The fourth-order valence-electron chi connectivity index (χ4n) is 0. The van der Waals surface area contributed by atoms with Crippen LogP contribution in [0.1, 0.15) is 1.43 Å². The zero-order chi connectivity index (χ0) is 0. The SMILES string of the molecule is [Bi].[Cs+].[H-].[Sb].[Tl]. The van der Waals surface area contributed by atoms with Gasteiger partial charge < -0.3 is 1.43 Å². The van der Waals surface area contributed by atoms with Crippen molar-refractivity contribution < 1.29 is 70.3 Å². The van der Waals surface area contributed by atoms with E-state index in [0.717, 1.165) is 0 Å². The molecule has 0 spiro atoms. The van der Waals surface area contributed by atoms with Gasteiger partial charge in [0.1, 0.15) is 0 Å². The average molecular weight is 669 g/mol. The molecule has 0 N–H and O–H groups in total. The van der Waals surface area contributed by atoms with Gasteiger partial charge in [0.05, 0.1) is 0 Å². The molecule has 0 unspecified atom stereocenters. The zero-order valence-electron chi connectivity index (χ0n) is 3.47. The van der Waals surface area contributed by atoms with E-state index in [4.69, 9.17) is 0 Å². The Morgan fingerprint density at radius 2 is 1.25 bits per heavy atom. The molecule has 0 saturated carbocycles. The fraction of sp³-hybridized carbons (Fsp3) is 0. The minimum absolute atomic E-state index is 0. The van der Waals surface area contributed by atoms with E-state index in [1.54, 1.807) is 0 Å². The standard InChI is InChI=1S/Bi.Cs.Sb.Tl.H/q;+1;;;-1. The summed E-state index contributed by atoms with van der Waals surface area (Å²) in [6.07, 6.45) is 0. The Morgan fingerprint density at radius 3 is 1.25 bits per heavy atom. The van der Waals surface area contributed by atoms with Gasteiger partial charge in [-0.1, -0.05) is 0 Å². The van der Waals surface area contributed by atoms with E-state index in [1.807, 2.05) is 0 Å². The molecule has 0 rings (SSSR count). The average Bonchev–Trinajstić information content (AvgIpc) is 0. The van der Waals surface area contributed by atoms with Crippen LogP contribution in [0.25, 0.3) is 0 Å². The molecule has 15 valence electrons. The molecule has 0 aliphatic heterocycles. The molecule has 0 aromatic carbocycles. The third kappa shape index (κ3) is 9.84. The van der Waals surface area contributed by atoms with Crippen molar-refractivity contribution in [3.8, 4) is 0 Å². The van der Waals surface area contributed by atoms with Crippen molar-refractivity contribution in [1.82, 2.24) is 0 Å². The van der Waals surface area contributed by atoms with Gasteiger partial charge in [0.2, 0.25) is 0 Å². The molecule has 0 saturated heterocycles. The quantitative estimate of drug-likeness (QED) is 0.231. The molecule has 0 aliphatic carbocycles. The van der Waals surface area contributed by atoms with Gasteiger partial charge in [-0.3, -0.25) is 0 Å². The summed E-state index contributed by atoms with van der Waals surface area (Å²) in [5.74, 6) is 0. The van der Waals surface area contributed by atoms with Crippen LogP contribution in [0.3, 0.4) is 0 Å². The maximum Gasteiger partial charge on any atom is 1.00 e. The smallest absolute Gasteiger partial charge is 1.00 e. The molecule has 0 aliphatic rings. The van der Waals surface area contributed by atoms with Crippen molar-refractivity contribution in [3.63, 3.8) is 0 Å². The molecule has 0 heterocycles. The second-order valence-corrected chi connectivity index (χ2v) is 0. The summed E-state index contributed by atoms with van der Waals surface area (Å²) in [7, 11) is 0. The van der Waals surface area contributed by atoms with Crippen LogP contribution in [-0.2, 0) is 0 Å². The topological polar surface area (TPSA) is 0 Å². The van der Waals surface area contributed by atoms with Gasteiger partial charge in [0.25, 0.3) is 0 Å². The summed E-state index contributed by atoms with van der Waals surface area (Å²) in [4.78, 5) is 0. The second kappa shape index (κ2) is 15.6. The van der Waals surface area contributed by atoms with E-state index in [1.165, 1.54) is 0 Å². The molecule has 0 aromatic rings. The molecule has 4 heavy (non-hydrogen) atoms. The number of hydrogen-bond acceptors (Lipinski definition) is 0. The van der Waals surface area contributed by atoms with Crippen LogP contribution in [0.15, 0.2) is 0 Å². The Labute approximate surface area is 143 Å². The van der Waals surface area contributed by atoms with Gasteiger partial charge in [0.15, 0.2) is 0 Å². The molecule has 0 aromatic heterocycles. The summed E-state index contributed by atoms with van der Waals surface area (Å²) >= 11 is 0. The first-order valence-electron chi connectivity index (χ1n) is 0. The first-order chi connectivity index (χ1) is 0. The van der Waals surface area contributed by atoms with Crippen LogP contribution in [0, 0.1) is 0 Å². The Balaban J connectivity index is 0. The molecule has 4 heteroatoms. The van der Waals surface area contributed by atoms with E-state index in [0.29, 0.717) is 0 Å². The third-order valence-electron chi connectivity index (χ3n) is 0. The minimum atomic E-state index is 0. The predicted molar refractivity (Wildman–Crippen MR) is 18.4 cm³/mol. The molecule has 0 fully saturated rings. The van der Waals surface area contributed by atoms with Crippen molar-refractivity contribution in [1.29, 1.82) is 0 Å². The van der Waals surface area contributed by atoms with Crippen LogP contribution < -0.4 is 68.9 Å². The van der Waals surface area contributed by atoms with Gasteiger partial charge in [-0.25, -0.2) is 0 Å². The summed E-state index contributed by atoms with van der Waals surface area (Å²) in [6.45, 7) is 0. The van der Waals surface area contributed by atoms with Crippen LogP contribution in [0.5, 0.6) is 0 Å². The fourth-order valence-corrected chi connectivity index (χ4v) is 0. The maximum atomic E-state index is 0. The summed E-state index contributed by atoms with van der Waals surface area (Å²) in [5, 5.41) is 0. The van der Waals surface area contributed by atoms with Crippen molar-refractivity contribution in [2.45, 2.75) is 0 Å². The summed E-state index contributed by atoms with van der Waals surface area (Å²) in [6, 6.07) is 0. The van der Waals surface area contributed by atoms with E-state index in [2.05, 4.69) is 0 Å². The minimum Gasteiger partial charge on any atom is -1.00 e. The molecular formula is HBiCsSbTl. The third-order valence-corrected chi connectivity index (χ3v) is 0. The van der Waals surface area contributed by atoms with Gasteiger partial charge >= 0.3 is 68.9 Å². The Morgan fingerprint density at radius 1 is 1.25 bits per heavy atom. The van der Waals surface area contributed by atoms with Gasteiger partial charge in [-0.05, 0) is 0 Å². The van der Waals surface area contributed by atoms with Crippen LogP contribution in [-0.4, -0.2) is 77.9 Å². The first-order valence-corrected chi connectivity index (χ1v) is 0. The molecular weight excluding hydrogens is 668 g/mol. The van der Waals surface area contributed by atoms with Crippen LogP contribution in [0.4, 0.5) is 0 Å². The van der Waals surface area contributed by atoms with Gasteiger partial charge in [-0.2, -0.15) is 0 Å². The molecule has 0 amide bonds. The molecule has 0 bridgehead atoms. The normalized spacial score (nSPS) is 0. The summed E-state index contributed by atoms with van der Waals surface area (Å²) in [5.41, 5.74) is 0. The van der Waals surface area contributed by atoms with Crippen molar-refractivity contribution in [2.75, 3.05) is 0 Å². The Kier molecular flexibility index (Phi) is 91.5. The van der Waals surface area contributed by atoms with Crippen molar-refractivity contribution >= 4 is 77.9 Å². The molecule has 0 atom stereocenters. The Bertz CT molecular complexity index is 11.6. The molecule has 0 nitrogen and oxygen atoms in total. The first kappa shape index (κ1) is 23.4. The Hall–Kier alpha value is 4.68. The van der Waals surface area contributed by atoms with E-state index < -0.39 is 0 Å². The largest absolute Gasteiger partial charge is 1.00 e. The second-order valence-electron chi connectivity index (χ2n) is 0. The van der Waals surface area contributed by atoms with Crippen molar-refractivity contribution in [3.05, 3.63) is 0 Å². The predicted octanol–water partition coefficient (Wildman–Crippen LogP) is -4.03. The monoisotopic (exact) mass is 669 g/mol.